The Morgan fingerprint density at radius 3 is 2.27 bits per heavy atom. The van der Waals surface area contributed by atoms with Crippen LogP contribution in [0.2, 0.25) is 0 Å². The van der Waals surface area contributed by atoms with Gasteiger partial charge >= 0.3 is 0 Å². The average Bonchev–Trinajstić information content (AvgIpc) is 2.17. The van der Waals surface area contributed by atoms with Crippen LogP contribution in [0.1, 0.15) is 53.9 Å². The molecule has 2 heteroatoms. The number of rotatable bonds is 9. The molecular weight excluding hydrogens is 202 g/mol. The fourth-order valence-electron chi connectivity index (χ4n) is 1.46. The largest absolute Gasteiger partial charge is 0.315 e. The summed E-state index contributed by atoms with van der Waals surface area (Å²) in [4.78, 5) is 0. The van der Waals surface area contributed by atoms with Crippen LogP contribution >= 0.6 is 11.8 Å². The number of hydrogen-bond acceptors (Lipinski definition) is 2. The van der Waals surface area contributed by atoms with Gasteiger partial charge in [0.25, 0.3) is 0 Å². The number of hydrogen-bond donors (Lipinski definition) is 1. The van der Waals surface area contributed by atoms with Gasteiger partial charge in [-0.3, -0.25) is 0 Å². The molecule has 0 aromatic heterocycles. The fraction of sp³-hybridized carbons (Fsp3) is 1.00. The van der Waals surface area contributed by atoms with Gasteiger partial charge < -0.3 is 5.32 Å². The Bertz CT molecular complexity index is 136. The van der Waals surface area contributed by atoms with Crippen LogP contribution in [0, 0.1) is 5.92 Å². The second-order valence-corrected chi connectivity index (χ2v) is 6.26. The normalized spacial score (nSPS) is 15.6. The highest BCUT2D eigenvalue weighted by molar-refractivity contribution is 7.99. The van der Waals surface area contributed by atoms with Crippen molar-refractivity contribution in [2.45, 2.75) is 65.2 Å². The SMILES string of the molecule is CCNC(C)CCCCSC(C)C(C)C. The molecule has 0 aliphatic carbocycles. The van der Waals surface area contributed by atoms with Crippen molar-refractivity contribution in [1.29, 1.82) is 0 Å². The van der Waals surface area contributed by atoms with Gasteiger partial charge in [-0.1, -0.05) is 34.1 Å². The lowest BCUT2D eigenvalue weighted by atomic mass is 10.1. The molecule has 0 saturated carbocycles. The van der Waals surface area contributed by atoms with Crippen molar-refractivity contribution in [3.05, 3.63) is 0 Å². The maximum atomic E-state index is 3.46. The Labute approximate surface area is 101 Å². The highest BCUT2D eigenvalue weighted by Gasteiger charge is 2.06. The first-order valence-corrected chi connectivity index (χ1v) is 7.47. The second-order valence-electron chi connectivity index (χ2n) is 4.77. The molecule has 0 aliphatic rings. The third-order valence-corrected chi connectivity index (χ3v) is 4.50. The molecule has 15 heavy (non-hydrogen) atoms. The monoisotopic (exact) mass is 231 g/mol. The second kappa shape index (κ2) is 9.53. The minimum atomic E-state index is 0.697. The van der Waals surface area contributed by atoms with Gasteiger partial charge in [0.15, 0.2) is 0 Å². The summed E-state index contributed by atoms with van der Waals surface area (Å²) in [5.74, 6) is 2.15. The van der Waals surface area contributed by atoms with Crippen molar-refractivity contribution in [3.8, 4) is 0 Å². The summed E-state index contributed by atoms with van der Waals surface area (Å²) in [6.45, 7) is 12.5. The quantitative estimate of drug-likeness (QED) is 0.603. The van der Waals surface area contributed by atoms with E-state index in [-0.39, 0.29) is 0 Å². The molecule has 0 aromatic rings. The predicted octanol–water partition coefficient (Wildman–Crippen LogP) is 3.93. The van der Waals surface area contributed by atoms with Crippen molar-refractivity contribution in [3.63, 3.8) is 0 Å². The van der Waals surface area contributed by atoms with E-state index in [1.165, 1.54) is 25.0 Å². The zero-order valence-corrected chi connectivity index (χ0v) is 12.0. The Kier molecular flexibility index (Phi) is 9.73. The summed E-state index contributed by atoms with van der Waals surface area (Å²) in [6.07, 6.45) is 4.06. The summed E-state index contributed by atoms with van der Waals surface area (Å²) in [5, 5.41) is 4.27. The van der Waals surface area contributed by atoms with Crippen LogP contribution in [0.15, 0.2) is 0 Å². The lowest BCUT2D eigenvalue weighted by Gasteiger charge is -2.15. The van der Waals surface area contributed by atoms with Crippen LogP contribution in [-0.4, -0.2) is 23.6 Å². The zero-order valence-electron chi connectivity index (χ0n) is 11.2. The molecule has 2 atom stereocenters. The molecule has 0 heterocycles. The first-order chi connectivity index (χ1) is 7.07. The molecule has 0 aliphatic heterocycles. The van der Waals surface area contributed by atoms with E-state index in [0.29, 0.717) is 6.04 Å². The smallest absolute Gasteiger partial charge is 0.00417 e. The van der Waals surface area contributed by atoms with Gasteiger partial charge in [-0.25, -0.2) is 0 Å². The van der Waals surface area contributed by atoms with Gasteiger partial charge in [-0.15, -0.1) is 0 Å². The maximum Gasteiger partial charge on any atom is 0.00417 e. The van der Waals surface area contributed by atoms with Gasteiger partial charge in [0.05, 0.1) is 0 Å². The predicted molar refractivity (Wildman–Crippen MR) is 73.7 cm³/mol. The van der Waals surface area contributed by atoms with E-state index in [1.54, 1.807) is 0 Å². The Morgan fingerprint density at radius 1 is 1.07 bits per heavy atom. The molecule has 92 valence electrons. The summed E-state index contributed by atoms with van der Waals surface area (Å²) in [5.41, 5.74) is 0. The number of thioether (sulfide) groups is 1. The Morgan fingerprint density at radius 2 is 1.73 bits per heavy atom. The van der Waals surface area contributed by atoms with Gasteiger partial charge in [0, 0.05) is 11.3 Å². The first kappa shape index (κ1) is 15.3. The van der Waals surface area contributed by atoms with Gasteiger partial charge in [0.1, 0.15) is 0 Å². The molecule has 0 amide bonds. The van der Waals surface area contributed by atoms with E-state index in [4.69, 9.17) is 0 Å². The van der Waals surface area contributed by atoms with Crippen molar-refractivity contribution in [2.75, 3.05) is 12.3 Å². The van der Waals surface area contributed by atoms with Crippen molar-refractivity contribution >= 4 is 11.8 Å². The van der Waals surface area contributed by atoms with Crippen molar-refractivity contribution < 1.29 is 0 Å². The van der Waals surface area contributed by atoms with Crippen LogP contribution in [-0.2, 0) is 0 Å². The van der Waals surface area contributed by atoms with E-state index in [2.05, 4.69) is 51.7 Å². The maximum absolute atomic E-state index is 3.46. The van der Waals surface area contributed by atoms with Crippen molar-refractivity contribution in [2.24, 2.45) is 5.92 Å². The van der Waals surface area contributed by atoms with E-state index in [1.807, 2.05) is 0 Å². The van der Waals surface area contributed by atoms with Gasteiger partial charge in [0.2, 0.25) is 0 Å². The molecule has 1 nitrogen and oxygen atoms in total. The Hall–Kier alpha value is 0.310. The molecule has 1 N–H and O–H groups in total. The van der Waals surface area contributed by atoms with E-state index < -0.39 is 0 Å². The van der Waals surface area contributed by atoms with E-state index in [9.17, 15) is 0 Å². The summed E-state index contributed by atoms with van der Waals surface area (Å²) in [6, 6.07) is 0.697. The highest BCUT2D eigenvalue weighted by Crippen LogP contribution is 2.20. The molecule has 0 saturated heterocycles. The zero-order chi connectivity index (χ0) is 11.7. The van der Waals surface area contributed by atoms with E-state index in [0.717, 1.165) is 17.7 Å². The van der Waals surface area contributed by atoms with E-state index >= 15 is 0 Å². The van der Waals surface area contributed by atoms with Crippen LogP contribution in [0.3, 0.4) is 0 Å². The standard InChI is InChI=1S/C13H29NS/c1-6-14-12(4)9-7-8-10-15-13(5)11(2)3/h11-14H,6-10H2,1-5H3. The molecule has 0 radical (unpaired) electrons. The molecule has 0 aromatic carbocycles. The van der Waals surface area contributed by atoms with Crippen LogP contribution in [0.5, 0.6) is 0 Å². The minimum Gasteiger partial charge on any atom is -0.315 e. The number of unbranched alkanes of at least 4 members (excludes halogenated alkanes) is 1. The number of nitrogens with one attached hydrogen (secondary N) is 1. The molecule has 2 unspecified atom stereocenters. The third kappa shape index (κ3) is 9.25. The third-order valence-electron chi connectivity index (χ3n) is 2.90. The summed E-state index contributed by atoms with van der Waals surface area (Å²) < 4.78 is 0. The molecule has 0 bridgehead atoms. The van der Waals surface area contributed by atoms with Gasteiger partial charge in [-0.2, -0.15) is 11.8 Å². The lowest BCUT2D eigenvalue weighted by molar-refractivity contribution is 0.510. The van der Waals surface area contributed by atoms with Crippen LogP contribution in [0.4, 0.5) is 0 Å². The average molecular weight is 231 g/mol. The Balaban J connectivity index is 3.24. The first-order valence-electron chi connectivity index (χ1n) is 6.42. The highest BCUT2D eigenvalue weighted by atomic mass is 32.2. The lowest BCUT2D eigenvalue weighted by Crippen LogP contribution is -2.25. The topological polar surface area (TPSA) is 12.0 Å². The fourth-order valence-corrected chi connectivity index (χ4v) is 2.59. The van der Waals surface area contributed by atoms with Crippen molar-refractivity contribution in [1.82, 2.24) is 5.32 Å². The minimum absolute atomic E-state index is 0.697. The summed E-state index contributed by atoms with van der Waals surface area (Å²) >= 11 is 2.13. The molecule has 0 spiro atoms. The molecule has 0 fully saturated rings. The van der Waals surface area contributed by atoms with Crippen LogP contribution < -0.4 is 5.32 Å². The van der Waals surface area contributed by atoms with Gasteiger partial charge in [-0.05, 0) is 38.0 Å². The molecule has 0 rings (SSSR count). The summed E-state index contributed by atoms with van der Waals surface area (Å²) in [7, 11) is 0. The van der Waals surface area contributed by atoms with Crippen LogP contribution in [0.25, 0.3) is 0 Å². The molecular formula is C13H29NS.